The Hall–Kier alpha value is -0.0262. The highest BCUT2D eigenvalue weighted by molar-refractivity contribution is 6.78. The zero-order chi connectivity index (χ0) is 20.2. The smallest absolute Gasteiger partial charge is 0.390 e. The van der Waals surface area contributed by atoms with Gasteiger partial charge in [0.2, 0.25) is 0 Å². The van der Waals surface area contributed by atoms with Crippen molar-refractivity contribution in [2.75, 3.05) is 52.5 Å². The third-order valence-electron chi connectivity index (χ3n) is 4.97. The van der Waals surface area contributed by atoms with Crippen LogP contribution in [0.1, 0.15) is 62.3 Å². The Morgan fingerprint density at radius 3 is 1.23 bits per heavy atom. The van der Waals surface area contributed by atoms with E-state index in [0.29, 0.717) is 13.2 Å². The van der Waals surface area contributed by atoms with E-state index in [0.717, 1.165) is 39.3 Å². The predicted molar refractivity (Wildman–Crippen MR) is 117 cm³/mol. The van der Waals surface area contributed by atoms with Crippen LogP contribution in [-0.4, -0.2) is 84.0 Å². The molecule has 0 rings (SSSR count). The maximum Gasteiger partial charge on any atom is 0.418 e. The topological polar surface area (TPSA) is 28.2 Å². The fourth-order valence-electron chi connectivity index (χ4n) is 3.82. The fourth-order valence-corrected chi connectivity index (χ4v) is 11.1. The Kier molecular flexibility index (Phi) is 14.0. The first-order valence-electron chi connectivity index (χ1n) is 10.5. The van der Waals surface area contributed by atoms with Crippen molar-refractivity contribution in [2.45, 2.75) is 62.3 Å². The molecular weight excluding hydrogens is 358 g/mol. The van der Waals surface area contributed by atoms with E-state index in [1.165, 1.54) is 5.20 Å². The van der Waals surface area contributed by atoms with Crippen molar-refractivity contribution in [1.82, 2.24) is 13.7 Å². The van der Waals surface area contributed by atoms with E-state index in [4.69, 9.17) is 8.85 Å². The van der Waals surface area contributed by atoms with Gasteiger partial charge in [-0.3, -0.25) is 13.7 Å². The van der Waals surface area contributed by atoms with Gasteiger partial charge < -0.3 is 8.85 Å². The normalized spacial score (nSPS) is 13.7. The van der Waals surface area contributed by atoms with Gasteiger partial charge in [0.1, 0.15) is 0 Å². The van der Waals surface area contributed by atoms with Crippen LogP contribution in [0, 0.1) is 0 Å². The highest BCUT2D eigenvalue weighted by Gasteiger charge is 2.47. The van der Waals surface area contributed by atoms with Crippen molar-refractivity contribution in [3.05, 3.63) is 10.9 Å². The lowest BCUT2D eigenvalue weighted by Crippen LogP contribution is -2.74. The summed E-state index contributed by atoms with van der Waals surface area (Å²) in [6.45, 7) is 27.8. The van der Waals surface area contributed by atoms with Crippen LogP contribution < -0.4 is 0 Å². The molecule has 155 valence electrons. The summed E-state index contributed by atoms with van der Waals surface area (Å²) in [5.74, 6) is 0. The Balaban J connectivity index is 6.42. The minimum absolute atomic E-state index is 0.704. The van der Waals surface area contributed by atoms with E-state index in [1.807, 2.05) is 0 Å². The number of rotatable bonds is 15. The molecule has 0 atom stereocenters. The molecule has 0 amide bonds. The van der Waals surface area contributed by atoms with Crippen LogP contribution in [0.5, 0.6) is 0 Å². The number of hydrogen-bond donors (Lipinski definition) is 0. The van der Waals surface area contributed by atoms with Crippen LogP contribution in [0.3, 0.4) is 0 Å². The molecule has 0 aliphatic carbocycles. The second kappa shape index (κ2) is 14.0. The molecule has 0 aliphatic rings. The Morgan fingerprint density at radius 1 is 0.692 bits per heavy atom. The fraction of sp³-hybridized carbons (Fsp3) is 0.895. The van der Waals surface area contributed by atoms with Gasteiger partial charge in [0.15, 0.2) is 0 Å². The molecule has 0 saturated heterocycles. The minimum atomic E-state index is -2.16. The van der Waals surface area contributed by atoms with Crippen LogP contribution in [-0.2, 0) is 8.85 Å². The van der Waals surface area contributed by atoms with Crippen molar-refractivity contribution >= 4 is 17.8 Å². The van der Waals surface area contributed by atoms with Crippen LogP contribution in [0.25, 0.3) is 0 Å². The first-order chi connectivity index (χ1) is 12.5. The molecule has 0 aromatic rings. The van der Waals surface area contributed by atoms with Gasteiger partial charge in [0, 0.05) is 13.2 Å². The van der Waals surface area contributed by atoms with Gasteiger partial charge in [-0.25, -0.2) is 0 Å². The van der Waals surface area contributed by atoms with Gasteiger partial charge in [0.25, 0.3) is 0 Å². The Morgan fingerprint density at radius 2 is 1.00 bits per heavy atom. The molecule has 0 fully saturated rings. The van der Waals surface area contributed by atoms with E-state index in [1.54, 1.807) is 0 Å². The summed E-state index contributed by atoms with van der Waals surface area (Å²) in [5.41, 5.74) is 2.57. The van der Waals surface area contributed by atoms with Crippen LogP contribution in [0.2, 0.25) is 0 Å². The summed E-state index contributed by atoms with van der Waals surface area (Å²) in [6.07, 6.45) is 0. The van der Waals surface area contributed by atoms with Crippen LogP contribution in [0.4, 0.5) is 0 Å². The predicted octanol–water partition coefficient (Wildman–Crippen LogP) is 3.54. The molecule has 1 radical (unpaired) electrons. The molecule has 5 nitrogen and oxygen atoms in total. The Bertz CT molecular complexity index is 348. The monoisotopic (exact) mass is 402 g/mol. The van der Waals surface area contributed by atoms with E-state index in [9.17, 15) is 0 Å². The maximum absolute atomic E-state index is 6.01. The molecule has 0 spiro atoms. The maximum atomic E-state index is 6.01. The third kappa shape index (κ3) is 6.26. The van der Waals surface area contributed by atoms with Gasteiger partial charge >= 0.3 is 17.8 Å². The van der Waals surface area contributed by atoms with E-state index >= 15 is 0 Å². The van der Waals surface area contributed by atoms with Gasteiger partial charge in [-0.1, -0.05) is 47.2 Å². The van der Waals surface area contributed by atoms with Gasteiger partial charge in [-0.2, -0.15) is 0 Å². The molecular formula is C19H44N3O2Si2. The molecule has 26 heavy (non-hydrogen) atoms. The van der Waals surface area contributed by atoms with Crippen molar-refractivity contribution in [3.63, 3.8) is 0 Å². The molecule has 0 N–H and O–H groups in total. The quantitative estimate of drug-likeness (QED) is 0.391. The molecule has 0 aromatic heterocycles. The second-order valence-electron chi connectivity index (χ2n) is 6.19. The SMILES string of the molecule is CCO[Si](OCC)C(C)=C[Si](N(CC)CC)(N(CC)CC)N(CC)CC. The summed E-state index contributed by atoms with van der Waals surface area (Å²) >= 11 is 0. The summed E-state index contributed by atoms with van der Waals surface area (Å²) in [7, 11) is -3.55. The zero-order valence-electron chi connectivity index (χ0n) is 18.9. The highest BCUT2D eigenvalue weighted by atomic mass is 28.4. The third-order valence-corrected chi connectivity index (χ3v) is 12.7. The minimum Gasteiger partial charge on any atom is -0.390 e. The summed E-state index contributed by atoms with van der Waals surface area (Å²) in [4.78, 5) is 0. The average Bonchev–Trinajstić information content (AvgIpc) is 2.64. The van der Waals surface area contributed by atoms with Crippen LogP contribution in [0.15, 0.2) is 10.9 Å². The van der Waals surface area contributed by atoms with Gasteiger partial charge in [0.05, 0.1) is 0 Å². The standard InChI is InChI=1S/C19H44N3O2Si2/c1-10-20(11-2)26(21(12-3)13-4,22(14-5)15-6)18-19(9)25(23-16-7)24-17-8/h18H,10-17H2,1-9H3. The molecule has 0 saturated carbocycles. The molecule has 7 heteroatoms. The van der Waals surface area contributed by atoms with Crippen molar-refractivity contribution in [1.29, 1.82) is 0 Å². The molecule has 0 heterocycles. The van der Waals surface area contributed by atoms with Gasteiger partial charge in [-0.05, 0) is 65.2 Å². The lowest BCUT2D eigenvalue weighted by Gasteiger charge is -2.52. The highest BCUT2D eigenvalue weighted by Crippen LogP contribution is 2.25. The molecule has 0 aliphatic heterocycles. The van der Waals surface area contributed by atoms with Gasteiger partial charge in [-0.15, -0.1) is 0 Å². The second-order valence-corrected chi connectivity index (χ2v) is 11.7. The first-order valence-corrected chi connectivity index (χ1v) is 13.8. The largest absolute Gasteiger partial charge is 0.418 e. The number of hydrogen-bond acceptors (Lipinski definition) is 5. The van der Waals surface area contributed by atoms with Crippen molar-refractivity contribution < 1.29 is 8.85 Å². The van der Waals surface area contributed by atoms with E-state index in [-0.39, 0.29) is 0 Å². The summed E-state index contributed by atoms with van der Waals surface area (Å²) in [5, 5.41) is 1.30. The molecule has 0 aromatic carbocycles. The number of nitrogens with zero attached hydrogens (tertiary/aromatic N) is 3. The average molecular weight is 403 g/mol. The first kappa shape index (κ1) is 26.0. The lowest BCUT2D eigenvalue weighted by atomic mass is 10.6. The molecule has 0 bridgehead atoms. The molecule has 0 unspecified atom stereocenters. The van der Waals surface area contributed by atoms with Crippen molar-refractivity contribution in [3.8, 4) is 0 Å². The van der Waals surface area contributed by atoms with E-state index < -0.39 is 17.8 Å². The zero-order valence-corrected chi connectivity index (χ0v) is 20.9. The number of allylic oxidation sites excluding steroid dienone is 1. The summed E-state index contributed by atoms with van der Waals surface area (Å²) < 4.78 is 20.1. The Labute approximate surface area is 166 Å². The van der Waals surface area contributed by atoms with Crippen molar-refractivity contribution in [2.24, 2.45) is 0 Å². The van der Waals surface area contributed by atoms with E-state index in [2.05, 4.69) is 81.7 Å². The summed E-state index contributed by atoms with van der Waals surface area (Å²) in [6, 6.07) is 0. The van der Waals surface area contributed by atoms with Crippen LogP contribution >= 0.6 is 0 Å². The lowest BCUT2D eigenvalue weighted by molar-refractivity contribution is 0.221.